The first-order valence-electron chi connectivity index (χ1n) is 9.54. The quantitative estimate of drug-likeness (QED) is 0.200. The van der Waals surface area contributed by atoms with Gasteiger partial charge in [0.2, 0.25) is 0 Å². The van der Waals surface area contributed by atoms with Crippen molar-refractivity contribution in [1.82, 2.24) is 10.4 Å². The molecule has 1 aliphatic rings. The molecule has 30 heavy (non-hydrogen) atoms. The highest BCUT2D eigenvalue weighted by Crippen LogP contribution is 2.45. The van der Waals surface area contributed by atoms with E-state index in [1.807, 2.05) is 13.8 Å². The van der Waals surface area contributed by atoms with Gasteiger partial charge in [0.15, 0.2) is 0 Å². The molecule has 1 radical (unpaired) electrons. The first-order valence-corrected chi connectivity index (χ1v) is 10.7. The number of amides is 1. The summed E-state index contributed by atoms with van der Waals surface area (Å²) < 4.78 is 9.99. The Labute approximate surface area is 181 Å². The molecule has 1 N–H and O–H groups in total. The molecule has 1 amide bonds. The first-order chi connectivity index (χ1) is 13.7. The highest BCUT2D eigenvalue weighted by Gasteiger charge is 2.51. The second-order valence-electron chi connectivity index (χ2n) is 9.00. The molecule has 0 unspecified atom stereocenters. The van der Waals surface area contributed by atoms with Gasteiger partial charge in [0.25, 0.3) is 0 Å². The van der Waals surface area contributed by atoms with Crippen LogP contribution in [-0.4, -0.2) is 65.0 Å². The Morgan fingerprint density at radius 1 is 1.23 bits per heavy atom. The minimum Gasteiger partial charge on any atom is -0.467 e. The number of carbonyl (C=O) groups excluding carboxylic acids is 2. The van der Waals surface area contributed by atoms with E-state index >= 15 is 0 Å². The van der Waals surface area contributed by atoms with Crippen molar-refractivity contribution in [2.45, 2.75) is 71.2 Å². The van der Waals surface area contributed by atoms with Gasteiger partial charge in [-0.2, -0.15) is 11.8 Å². The van der Waals surface area contributed by atoms with Gasteiger partial charge in [-0.15, -0.1) is 10.3 Å². The predicted octanol–water partition coefficient (Wildman–Crippen LogP) is 3.61. The Bertz CT molecular complexity index is 738. The first kappa shape index (κ1) is 26.1. The standard InChI is InChI=1S/C19H32N5O5S/c1-17(2,3)29-16(26)22-14(15(25)28-8)11-30-10-13-12(9-21-23-20)18(4,5)24(27)19(13,6)7/h14H,9-11H2,1-8H3,(H,22,26)/t14-/m1/s1. The highest BCUT2D eigenvalue weighted by atomic mass is 32.2. The van der Waals surface area contributed by atoms with Crippen LogP contribution >= 0.6 is 11.8 Å². The second kappa shape index (κ2) is 9.91. The van der Waals surface area contributed by atoms with Crippen LogP contribution in [0.4, 0.5) is 4.79 Å². The SMILES string of the molecule is COC(=O)[C@@H](CSCC1=C(CN=[N+]=[N-])C(C)(C)N([O])C1(C)C)NC(=O)OC(C)(C)C. The van der Waals surface area contributed by atoms with Crippen LogP contribution in [0.15, 0.2) is 16.3 Å². The minimum atomic E-state index is -0.906. The third kappa shape index (κ3) is 6.28. The molecule has 0 bridgehead atoms. The van der Waals surface area contributed by atoms with Gasteiger partial charge in [-0.1, -0.05) is 5.11 Å². The summed E-state index contributed by atoms with van der Waals surface area (Å²) in [4.78, 5) is 27.0. The number of carbonyl (C=O) groups is 2. The Morgan fingerprint density at radius 2 is 1.80 bits per heavy atom. The van der Waals surface area contributed by atoms with Crippen LogP contribution in [-0.2, 0) is 19.5 Å². The molecule has 1 aliphatic heterocycles. The van der Waals surface area contributed by atoms with Gasteiger partial charge in [0, 0.05) is 23.0 Å². The summed E-state index contributed by atoms with van der Waals surface area (Å²) in [5.41, 5.74) is 8.02. The van der Waals surface area contributed by atoms with Crippen molar-refractivity contribution >= 4 is 23.8 Å². The van der Waals surface area contributed by atoms with Gasteiger partial charge >= 0.3 is 12.1 Å². The molecule has 0 saturated carbocycles. The summed E-state index contributed by atoms with van der Waals surface area (Å²) in [6.45, 7) is 12.5. The predicted molar refractivity (Wildman–Crippen MR) is 114 cm³/mol. The van der Waals surface area contributed by atoms with Crippen molar-refractivity contribution < 1.29 is 24.3 Å². The average Bonchev–Trinajstić information content (AvgIpc) is 2.74. The van der Waals surface area contributed by atoms with Crippen molar-refractivity contribution in [3.63, 3.8) is 0 Å². The van der Waals surface area contributed by atoms with E-state index in [1.54, 1.807) is 34.6 Å². The zero-order valence-corrected chi connectivity index (χ0v) is 19.8. The lowest BCUT2D eigenvalue weighted by Gasteiger charge is -2.34. The number of methoxy groups -OCH3 is 1. The van der Waals surface area contributed by atoms with Crippen LogP contribution in [0.25, 0.3) is 10.4 Å². The number of nitrogens with zero attached hydrogens (tertiary/aromatic N) is 4. The zero-order valence-electron chi connectivity index (χ0n) is 18.9. The maximum absolute atomic E-state index is 12.8. The lowest BCUT2D eigenvalue weighted by Crippen LogP contribution is -2.48. The molecule has 0 saturated heterocycles. The van der Waals surface area contributed by atoms with Crippen molar-refractivity contribution in [3.8, 4) is 0 Å². The number of rotatable bonds is 8. The molecule has 1 atom stereocenters. The van der Waals surface area contributed by atoms with Gasteiger partial charge in [0.1, 0.15) is 11.6 Å². The Morgan fingerprint density at radius 3 is 2.30 bits per heavy atom. The topological polar surface area (TPSA) is 137 Å². The molecule has 1 rings (SSSR count). The van der Waals surface area contributed by atoms with Crippen LogP contribution in [0.3, 0.4) is 0 Å². The summed E-state index contributed by atoms with van der Waals surface area (Å²) in [5.74, 6) is 0.0576. The van der Waals surface area contributed by atoms with Crippen LogP contribution in [0.2, 0.25) is 0 Å². The molecule has 0 spiro atoms. The molecule has 0 aromatic rings. The summed E-state index contributed by atoms with van der Waals surface area (Å²) >= 11 is 1.38. The number of thioether (sulfide) groups is 1. The second-order valence-corrected chi connectivity index (χ2v) is 10.0. The maximum atomic E-state index is 12.8. The maximum Gasteiger partial charge on any atom is 0.408 e. The van der Waals surface area contributed by atoms with E-state index in [0.29, 0.717) is 5.75 Å². The monoisotopic (exact) mass is 442 g/mol. The van der Waals surface area contributed by atoms with Gasteiger partial charge in [0.05, 0.1) is 18.2 Å². The van der Waals surface area contributed by atoms with Gasteiger partial charge < -0.3 is 14.8 Å². The van der Waals surface area contributed by atoms with Crippen LogP contribution in [0.5, 0.6) is 0 Å². The molecule has 10 nitrogen and oxygen atoms in total. The largest absolute Gasteiger partial charge is 0.467 e. The van der Waals surface area contributed by atoms with Gasteiger partial charge in [-0.3, -0.25) is 0 Å². The van der Waals surface area contributed by atoms with E-state index in [-0.39, 0.29) is 12.3 Å². The third-order valence-corrected chi connectivity index (χ3v) is 5.92. The molecular weight excluding hydrogens is 410 g/mol. The van der Waals surface area contributed by atoms with Gasteiger partial charge in [-0.05, 0) is 65.1 Å². The summed E-state index contributed by atoms with van der Waals surface area (Å²) in [5, 5.41) is 20.0. The summed E-state index contributed by atoms with van der Waals surface area (Å²) in [6, 6.07) is -0.906. The number of hydrogen-bond acceptors (Lipinski definition) is 7. The zero-order chi connectivity index (χ0) is 23.3. The molecule has 0 fully saturated rings. The minimum absolute atomic E-state index is 0.0954. The number of hydroxylamine groups is 2. The fourth-order valence-electron chi connectivity index (χ4n) is 3.38. The highest BCUT2D eigenvalue weighted by molar-refractivity contribution is 7.99. The van der Waals surface area contributed by atoms with Crippen molar-refractivity contribution in [2.24, 2.45) is 5.11 Å². The molecule has 0 aromatic carbocycles. The Hall–Kier alpha value is -1.94. The number of esters is 1. The van der Waals surface area contributed by atoms with E-state index in [0.717, 1.165) is 16.2 Å². The molecule has 1 heterocycles. The summed E-state index contributed by atoms with van der Waals surface area (Å²) in [7, 11) is 1.25. The van der Waals surface area contributed by atoms with Crippen LogP contribution < -0.4 is 5.32 Å². The van der Waals surface area contributed by atoms with E-state index in [1.165, 1.54) is 18.9 Å². The molecule has 169 valence electrons. The number of hydrogen-bond donors (Lipinski definition) is 1. The average molecular weight is 443 g/mol. The van der Waals surface area contributed by atoms with E-state index in [9.17, 15) is 14.8 Å². The molecule has 0 aliphatic carbocycles. The molecule has 11 heteroatoms. The van der Waals surface area contributed by atoms with Crippen molar-refractivity contribution in [2.75, 3.05) is 25.2 Å². The van der Waals surface area contributed by atoms with Gasteiger partial charge in [-0.25, -0.2) is 9.59 Å². The van der Waals surface area contributed by atoms with Crippen LogP contribution in [0.1, 0.15) is 48.5 Å². The summed E-state index contributed by atoms with van der Waals surface area (Å²) in [6.07, 6.45) is -0.713. The van der Waals surface area contributed by atoms with E-state index in [2.05, 4.69) is 15.3 Å². The van der Waals surface area contributed by atoms with Crippen LogP contribution in [0, 0.1) is 0 Å². The lowest BCUT2D eigenvalue weighted by molar-refractivity contribution is -0.240. The van der Waals surface area contributed by atoms with Crippen molar-refractivity contribution in [3.05, 3.63) is 21.6 Å². The number of ether oxygens (including phenoxy) is 2. The molecular formula is C19H32N5O5S. The number of alkyl carbamates (subject to hydrolysis) is 1. The third-order valence-electron chi connectivity index (χ3n) is 4.86. The smallest absolute Gasteiger partial charge is 0.408 e. The Balaban J connectivity index is 2.97. The normalized spacial score (nSPS) is 19.1. The fraction of sp³-hybridized carbons (Fsp3) is 0.789. The molecule has 0 aromatic heterocycles. The van der Waals surface area contributed by atoms with E-state index < -0.39 is 34.8 Å². The van der Waals surface area contributed by atoms with Crippen molar-refractivity contribution in [1.29, 1.82) is 0 Å². The lowest BCUT2D eigenvalue weighted by atomic mass is 9.91. The fourth-order valence-corrected chi connectivity index (χ4v) is 4.68. The number of nitrogens with one attached hydrogen (secondary N) is 1. The number of azide groups is 1. The Kier molecular flexibility index (Phi) is 8.62. The van der Waals surface area contributed by atoms with E-state index in [4.69, 9.17) is 15.0 Å².